The molecule has 0 bridgehead atoms. The van der Waals surface area contributed by atoms with Crippen molar-refractivity contribution in [2.75, 3.05) is 13.2 Å². The molecular weight excluding hydrogens is 343 g/mol. The van der Waals surface area contributed by atoms with E-state index in [1.165, 1.54) is 6.07 Å². The van der Waals surface area contributed by atoms with Gasteiger partial charge in [-0.1, -0.05) is 15.9 Å². The monoisotopic (exact) mass is 353 g/mol. The van der Waals surface area contributed by atoms with Gasteiger partial charge in [-0.05, 0) is 25.1 Å². The molecule has 4 nitrogen and oxygen atoms in total. The zero-order chi connectivity index (χ0) is 15.3. The van der Waals surface area contributed by atoms with Crippen molar-refractivity contribution >= 4 is 27.8 Å². The van der Waals surface area contributed by atoms with Crippen molar-refractivity contribution in [3.63, 3.8) is 0 Å². The zero-order valence-electron chi connectivity index (χ0n) is 10.4. The molecule has 0 radical (unpaired) electrons. The molecule has 0 aromatic heterocycles. The van der Waals surface area contributed by atoms with Gasteiger partial charge in [0.2, 0.25) is 0 Å². The number of rotatable bonds is 4. The molecule has 1 amide bonds. The van der Waals surface area contributed by atoms with Crippen LogP contribution in [0.1, 0.15) is 22.8 Å². The van der Waals surface area contributed by atoms with E-state index in [9.17, 15) is 22.8 Å². The van der Waals surface area contributed by atoms with Crippen LogP contribution in [0.2, 0.25) is 0 Å². The summed E-state index contributed by atoms with van der Waals surface area (Å²) in [6.45, 7) is 1.36. The van der Waals surface area contributed by atoms with E-state index in [1.807, 2.05) is 0 Å². The molecule has 1 aromatic rings. The van der Waals surface area contributed by atoms with E-state index < -0.39 is 30.2 Å². The number of ether oxygens (including phenoxy) is 1. The molecule has 0 aliphatic rings. The van der Waals surface area contributed by atoms with Gasteiger partial charge in [-0.3, -0.25) is 9.59 Å². The van der Waals surface area contributed by atoms with Gasteiger partial charge in [-0.15, -0.1) is 0 Å². The predicted molar refractivity (Wildman–Crippen MR) is 68.1 cm³/mol. The fourth-order valence-corrected chi connectivity index (χ4v) is 1.82. The van der Waals surface area contributed by atoms with Gasteiger partial charge >= 0.3 is 12.1 Å². The van der Waals surface area contributed by atoms with Gasteiger partial charge < -0.3 is 10.1 Å². The second-order valence-corrected chi connectivity index (χ2v) is 4.53. The highest BCUT2D eigenvalue weighted by atomic mass is 79.9. The Hall–Kier alpha value is -1.57. The summed E-state index contributed by atoms with van der Waals surface area (Å²) in [7, 11) is 0. The number of amides is 1. The summed E-state index contributed by atoms with van der Waals surface area (Å²) in [5.74, 6) is -1.44. The van der Waals surface area contributed by atoms with Crippen LogP contribution in [0.5, 0.6) is 0 Å². The van der Waals surface area contributed by atoms with Gasteiger partial charge in [0.15, 0.2) is 0 Å². The summed E-state index contributed by atoms with van der Waals surface area (Å²) in [6.07, 6.45) is -4.57. The number of carbonyl (C=O) groups is 2. The van der Waals surface area contributed by atoms with E-state index in [1.54, 1.807) is 6.92 Å². The third-order valence-electron chi connectivity index (χ3n) is 2.23. The van der Waals surface area contributed by atoms with Crippen LogP contribution in [0.4, 0.5) is 13.2 Å². The minimum Gasteiger partial charge on any atom is -0.465 e. The Morgan fingerprint density at radius 3 is 2.55 bits per heavy atom. The molecule has 0 saturated carbocycles. The summed E-state index contributed by atoms with van der Waals surface area (Å²) in [6, 6.07) is 3.06. The third kappa shape index (κ3) is 4.52. The van der Waals surface area contributed by atoms with Crippen molar-refractivity contribution in [2.24, 2.45) is 0 Å². The first kappa shape index (κ1) is 16.5. The van der Waals surface area contributed by atoms with Gasteiger partial charge in [0.25, 0.3) is 5.91 Å². The first-order chi connectivity index (χ1) is 9.25. The van der Waals surface area contributed by atoms with Crippen LogP contribution in [-0.2, 0) is 15.7 Å². The van der Waals surface area contributed by atoms with Crippen LogP contribution < -0.4 is 5.32 Å². The molecule has 0 aliphatic carbocycles. The Balaban J connectivity index is 2.82. The second kappa shape index (κ2) is 6.74. The second-order valence-electron chi connectivity index (χ2n) is 3.68. The number of alkyl halides is 3. The standard InChI is InChI=1S/C12H11BrF3NO3/c1-2-20-10(18)6-17-11(19)7-3-4-9(13)8(5-7)12(14,15)16/h3-5H,2,6H2,1H3,(H,17,19). The molecule has 0 unspecified atom stereocenters. The maximum absolute atomic E-state index is 12.7. The topological polar surface area (TPSA) is 55.4 Å². The molecule has 20 heavy (non-hydrogen) atoms. The quantitative estimate of drug-likeness (QED) is 0.846. The van der Waals surface area contributed by atoms with E-state index in [-0.39, 0.29) is 16.6 Å². The highest BCUT2D eigenvalue weighted by molar-refractivity contribution is 9.10. The van der Waals surface area contributed by atoms with Crippen LogP contribution in [-0.4, -0.2) is 25.0 Å². The minimum absolute atomic E-state index is 0.158. The zero-order valence-corrected chi connectivity index (χ0v) is 12.0. The average molecular weight is 354 g/mol. The third-order valence-corrected chi connectivity index (χ3v) is 2.92. The van der Waals surface area contributed by atoms with Crippen molar-refractivity contribution in [3.8, 4) is 0 Å². The Morgan fingerprint density at radius 1 is 1.35 bits per heavy atom. The lowest BCUT2D eigenvalue weighted by atomic mass is 10.1. The van der Waals surface area contributed by atoms with E-state index in [2.05, 4.69) is 26.0 Å². The summed E-state index contributed by atoms with van der Waals surface area (Å²) >= 11 is 2.77. The Kier molecular flexibility index (Phi) is 5.55. The van der Waals surface area contributed by atoms with Crippen molar-refractivity contribution in [1.82, 2.24) is 5.32 Å². The lowest BCUT2D eigenvalue weighted by Crippen LogP contribution is -2.30. The van der Waals surface area contributed by atoms with Crippen LogP contribution in [0.3, 0.4) is 0 Å². The summed E-state index contributed by atoms with van der Waals surface area (Å²) in [5, 5.41) is 2.19. The van der Waals surface area contributed by atoms with E-state index in [0.717, 1.165) is 6.07 Å². The lowest BCUT2D eigenvalue weighted by molar-refractivity contribution is -0.142. The maximum atomic E-state index is 12.7. The molecular formula is C12H11BrF3NO3. The minimum atomic E-state index is -4.57. The number of hydrogen-bond acceptors (Lipinski definition) is 3. The largest absolute Gasteiger partial charge is 0.465 e. The van der Waals surface area contributed by atoms with Crippen LogP contribution >= 0.6 is 15.9 Å². The van der Waals surface area contributed by atoms with Gasteiger partial charge in [-0.25, -0.2) is 0 Å². The molecule has 0 spiro atoms. The fourth-order valence-electron chi connectivity index (χ4n) is 1.35. The van der Waals surface area contributed by atoms with E-state index in [4.69, 9.17) is 0 Å². The van der Waals surface area contributed by atoms with Crippen LogP contribution in [0, 0.1) is 0 Å². The van der Waals surface area contributed by atoms with E-state index in [0.29, 0.717) is 6.07 Å². The van der Waals surface area contributed by atoms with Crippen molar-refractivity contribution in [1.29, 1.82) is 0 Å². The molecule has 0 atom stereocenters. The lowest BCUT2D eigenvalue weighted by Gasteiger charge is -2.11. The molecule has 110 valence electrons. The summed E-state index contributed by atoms with van der Waals surface area (Å²) in [4.78, 5) is 22.7. The van der Waals surface area contributed by atoms with Gasteiger partial charge in [0.05, 0.1) is 12.2 Å². The predicted octanol–water partition coefficient (Wildman–Crippen LogP) is 2.76. The summed E-state index contributed by atoms with van der Waals surface area (Å²) < 4.78 is 42.4. The van der Waals surface area contributed by atoms with Gasteiger partial charge in [0.1, 0.15) is 6.54 Å². The molecule has 8 heteroatoms. The Bertz CT molecular complexity index is 517. The Morgan fingerprint density at radius 2 is 2.00 bits per heavy atom. The molecule has 1 rings (SSSR count). The van der Waals surface area contributed by atoms with Gasteiger partial charge in [0, 0.05) is 10.0 Å². The van der Waals surface area contributed by atoms with Crippen molar-refractivity contribution in [3.05, 3.63) is 33.8 Å². The van der Waals surface area contributed by atoms with Crippen LogP contribution in [0.25, 0.3) is 0 Å². The van der Waals surface area contributed by atoms with Crippen molar-refractivity contribution < 1.29 is 27.5 Å². The molecule has 1 aromatic carbocycles. The highest BCUT2D eigenvalue weighted by Gasteiger charge is 2.33. The highest BCUT2D eigenvalue weighted by Crippen LogP contribution is 2.35. The first-order valence-electron chi connectivity index (χ1n) is 5.56. The normalized spacial score (nSPS) is 11.1. The number of carbonyl (C=O) groups excluding carboxylic acids is 2. The number of esters is 1. The molecule has 0 aliphatic heterocycles. The first-order valence-corrected chi connectivity index (χ1v) is 6.35. The van der Waals surface area contributed by atoms with Crippen LogP contribution in [0.15, 0.2) is 22.7 Å². The Labute approximate surface area is 121 Å². The average Bonchev–Trinajstić information content (AvgIpc) is 2.35. The maximum Gasteiger partial charge on any atom is 0.417 e. The molecule has 0 heterocycles. The number of halogens is 4. The molecule has 0 saturated heterocycles. The number of hydrogen-bond donors (Lipinski definition) is 1. The SMILES string of the molecule is CCOC(=O)CNC(=O)c1ccc(Br)c(C(F)(F)F)c1. The molecule has 1 N–H and O–H groups in total. The summed E-state index contributed by atoms with van der Waals surface area (Å²) in [5.41, 5.74) is -1.15. The van der Waals surface area contributed by atoms with Gasteiger partial charge in [-0.2, -0.15) is 13.2 Å². The molecule has 0 fully saturated rings. The van der Waals surface area contributed by atoms with Crippen molar-refractivity contribution in [2.45, 2.75) is 13.1 Å². The van der Waals surface area contributed by atoms with E-state index >= 15 is 0 Å². The number of benzene rings is 1. The smallest absolute Gasteiger partial charge is 0.417 e. The number of nitrogens with one attached hydrogen (secondary N) is 1. The fraction of sp³-hybridized carbons (Fsp3) is 0.333.